The van der Waals surface area contributed by atoms with Crippen molar-refractivity contribution in [2.45, 2.75) is 0 Å². The molecular weight excluding hydrogens is 88.1 g/mol. The Morgan fingerprint density at radius 3 is 1.86 bits per heavy atom. The molecule has 0 aliphatic heterocycles. The molecule has 0 rings (SSSR count). The highest BCUT2D eigenvalue weighted by molar-refractivity contribution is 4.87. The molecule has 36 valence electrons. The highest BCUT2D eigenvalue weighted by Gasteiger charge is 1.71. The van der Waals surface area contributed by atoms with Crippen molar-refractivity contribution in [3.8, 4) is 24.7 Å². The molecule has 0 bridgehead atoms. The van der Waals surface area contributed by atoms with E-state index in [9.17, 15) is 0 Å². The van der Waals surface area contributed by atoms with Crippen molar-refractivity contribution in [3.05, 3.63) is 0 Å². The minimum atomic E-state index is 0.310. The molecular formula is C6H6O. The molecule has 7 heavy (non-hydrogen) atoms. The zero-order valence-corrected chi connectivity index (χ0v) is 3.98. The Labute approximate surface area is 43.7 Å². The summed E-state index contributed by atoms with van der Waals surface area (Å²) in [5.41, 5.74) is 0. The Balaban J connectivity index is 2.77. The fourth-order valence-electron chi connectivity index (χ4n) is 0.169. The smallest absolute Gasteiger partial charge is 0.108 e. The summed E-state index contributed by atoms with van der Waals surface area (Å²) in [5.74, 6) is 4.57. The first-order valence-electron chi connectivity index (χ1n) is 1.86. The minimum Gasteiger partial charge on any atom is -0.356 e. The SMILES string of the molecule is C#CCOCC#C. The molecule has 1 nitrogen and oxygen atoms in total. The van der Waals surface area contributed by atoms with Crippen molar-refractivity contribution >= 4 is 0 Å². The van der Waals surface area contributed by atoms with Crippen LogP contribution in [0.25, 0.3) is 0 Å². The Morgan fingerprint density at radius 1 is 1.14 bits per heavy atom. The second-order valence-corrected chi connectivity index (χ2v) is 0.901. The molecule has 0 unspecified atom stereocenters. The molecule has 0 aliphatic carbocycles. The maximum absolute atomic E-state index is 4.83. The Hall–Kier alpha value is -0.920. The fraction of sp³-hybridized carbons (Fsp3) is 0.333. The average molecular weight is 94.1 g/mol. The first-order valence-corrected chi connectivity index (χ1v) is 1.86. The topological polar surface area (TPSA) is 9.23 Å². The number of ether oxygens (including phenoxy) is 1. The highest BCUT2D eigenvalue weighted by atomic mass is 16.5. The van der Waals surface area contributed by atoms with Gasteiger partial charge in [0, 0.05) is 0 Å². The van der Waals surface area contributed by atoms with Crippen molar-refractivity contribution < 1.29 is 4.74 Å². The summed E-state index contributed by atoms with van der Waals surface area (Å²) in [5, 5.41) is 0. The van der Waals surface area contributed by atoms with Gasteiger partial charge in [0.2, 0.25) is 0 Å². The van der Waals surface area contributed by atoms with Crippen LogP contribution in [0.1, 0.15) is 0 Å². The van der Waals surface area contributed by atoms with Gasteiger partial charge in [-0.05, 0) is 0 Å². The molecule has 0 aromatic heterocycles. The Kier molecular flexibility index (Phi) is 4.41. The molecule has 0 fully saturated rings. The van der Waals surface area contributed by atoms with E-state index in [1.807, 2.05) is 0 Å². The van der Waals surface area contributed by atoms with Crippen molar-refractivity contribution in [3.63, 3.8) is 0 Å². The summed E-state index contributed by atoms with van der Waals surface area (Å²) in [6, 6.07) is 0. The van der Waals surface area contributed by atoms with Crippen LogP contribution in [-0.2, 0) is 4.74 Å². The van der Waals surface area contributed by atoms with E-state index >= 15 is 0 Å². The molecule has 0 amide bonds. The van der Waals surface area contributed by atoms with E-state index < -0.39 is 0 Å². The maximum Gasteiger partial charge on any atom is 0.108 e. The van der Waals surface area contributed by atoms with Crippen molar-refractivity contribution in [2.75, 3.05) is 13.2 Å². The van der Waals surface area contributed by atoms with E-state index in [1.165, 1.54) is 0 Å². The minimum absolute atomic E-state index is 0.310. The molecule has 0 saturated carbocycles. The van der Waals surface area contributed by atoms with Crippen molar-refractivity contribution in [1.29, 1.82) is 0 Å². The van der Waals surface area contributed by atoms with E-state index in [1.54, 1.807) is 0 Å². The van der Waals surface area contributed by atoms with Crippen LogP contribution in [0.4, 0.5) is 0 Å². The van der Waals surface area contributed by atoms with Gasteiger partial charge in [0.15, 0.2) is 0 Å². The number of hydrogen-bond donors (Lipinski definition) is 0. The van der Waals surface area contributed by atoms with E-state index in [2.05, 4.69) is 16.6 Å². The van der Waals surface area contributed by atoms with Gasteiger partial charge in [-0.1, -0.05) is 11.8 Å². The van der Waals surface area contributed by atoms with E-state index in [0.717, 1.165) is 0 Å². The zero-order valence-electron chi connectivity index (χ0n) is 3.98. The van der Waals surface area contributed by atoms with Crippen LogP contribution in [0, 0.1) is 24.7 Å². The number of hydrogen-bond acceptors (Lipinski definition) is 1. The van der Waals surface area contributed by atoms with Gasteiger partial charge in [0.05, 0.1) is 0 Å². The molecule has 0 aromatic carbocycles. The molecule has 0 aromatic rings. The molecule has 0 aliphatic rings. The molecule has 0 heterocycles. The van der Waals surface area contributed by atoms with Crippen LogP contribution in [-0.4, -0.2) is 13.2 Å². The second kappa shape index (κ2) is 5.08. The lowest BCUT2D eigenvalue weighted by molar-refractivity contribution is 0.205. The van der Waals surface area contributed by atoms with Crippen LogP contribution >= 0.6 is 0 Å². The third-order valence-corrected chi connectivity index (χ3v) is 0.371. The largest absolute Gasteiger partial charge is 0.356 e. The van der Waals surface area contributed by atoms with Gasteiger partial charge in [0.25, 0.3) is 0 Å². The normalized spacial score (nSPS) is 6.57. The van der Waals surface area contributed by atoms with Crippen LogP contribution in [0.5, 0.6) is 0 Å². The van der Waals surface area contributed by atoms with Gasteiger partial charge < -0.3 is 4.74 Å². The van der Waals surface area contributed by atoms with Gasteiger partial charge in [-0.3, -0.25) is 0 Å². The molecule has 0 saturated heterocycles. The van der Waals surface area contributed by atoms with E-state index in [-0.39, 0.29) is 0 Å². The van der Waals surface area contributed by atoms with Gasteiger partial charge in [0.1, 0.15) is 13.2 Å². The van der Waals surface area contributed by atoms with Gasteiger partial charge in [-0.15, -0.1) is 12.8 Å². The van der Waals surface area contributed by atoms with Crippen LogP contribution < -0.4 is 0 Å². The molecule has 0 radical (unpaired) electrons. The molecule has 0 N–H and O–H groups in total. The van der Waals surface area contributed by atoms with Crippen LogP contribution in [0.15, 0.2) is 0 Å². The summed E-state index contributed by atoms with van der Waals surface area (Å²) in [6.07, 6.45) is 9.65. The Bertz CT molecular complexity index is 88.3. The average Bonchev–Trinajstić information content (AvgIpc) is 1.69. The third-order valence-electron chi connectivity index (χ3n) is 0.371. The van der Waals surface area contributed by atoms with Crippen molar-refractivity contribution in [1.82, 2.24) is 0 Å². The van der Waals surface area contributed by atoms with E-state index in [4.69, 9.17) is 12.8 Å². The zero-order chi connectivity index (χ0) is 5.54. The van der Waals surface area contributed by atoms with Gasteiger partial charge in [-0.2, -0.15) is 0 Å². The van der Waals surface area contributed by atoms with E-state index in [0.29, 0.717) is 13.2 Å². The summed E-state index contributed by atoms with van der Waals surface area (Å²) in [7, 11) is 0. The molecule has 0 spiro atoms. The number of rotatable bonds is 2. The van der Waals surface area contributed by atoms with Gasteiger partial charge in [-0.25, -0.2) is 0 Å². The highest BCUT2D eigenvalue weighted by Crippen LogP contribution is 1.65. The van der Waals surface area contributed by atoms with Crippen LogP contribution in [0.2, 0.25) is 0 Å². The summed E-state index contributed by atoms with van der Waals surface area (Å²) < 4.78 is 4.66. The molecule has 1 heteroatoms. The quantitative estimate of drug-likeness (QED) is 0.352. The predicted molar refractivity (Wildman–Crippen MR) is 28.5 cm³/mol. The predicted octanol–water partition coefficient (Wildman–Crippen LogP) is 0.269. The summed E-state index contributed by atoms with van der Waals surface area (Å²) in [4.78, 5) is 0. The Morgan fingerprint density at radius 2 is 1.57 bits per heavy atom. The lowest BCUT2D eigenvalue weighted by atomic mass is 10.7. The summed E-state index contributed by atoms with van der Waals surface area (Å²) >= 11 is 0. The molecule has 0 atom stereocenters. The second-order valence-electron chi connectivity index (χ2n) is 0.901. The lowest BCUT2D eigenvalue weighted by Gasteiger charge is -1.86. The lowest BCUT2D eigenvalue weighted by Crippen LogP contribution is -1.89. The first kappa shape index (κ1) is 6.08. The fourth-order valence-corrected chi connectivity index (χ4v) is 0.169. The van der Waals surface area contributed by atoms with Crippen LogP contribution in [0.3, 0.4) is 0 Å². The summed E-state index contributed by atoms with van der Waals surface area (Å²) in [6.45, 7) is 0.619. The standard InChI is InChI=1S/C6H6O/c1-3-5-7-6-4-2/h1-2H,5-6H2. The first-order chi connectivity index (χ1) is 3.41. The number of terminal acetylenes is 2. The van der Waals surface area contributed by atoms with Gasteiger partial charge >= 0.3 is 0 Å². The third kappa shape index (κ3) is 5.08. The monoisotopic (exact) mass is 94.0 g/mol. The van der Waals surface area contributed by atoms with Crippen molar-refractivity contribution in [2.24, 2.45) is 0 Å². The maximum atomic E-state index is 4.83.